The van der Waals surface area contributed by atoms with Crippen LogP contribution in [0.4, 0.5) is 0 Å². The fraction of sp³-hybridized carbons (Fsp3) is 0.556. The van der Waals surface area contributed by atoms with Crippen LogP contribution in [-0.2, 0) is 0 Å². The summed E-state index contributed by atoms with van der Waals surface area (Å²) in [4.78, 5) is 0. The predicted molar refractivity (Wildman–Crippen MR) is 48.7 cm³/mol. The molecule has 0 amide bonds. The van der Waals surface area contributed by atoms with Gasteiger partial charge in [0.05, 0.1) is 0 Å². The van der Waals surface area contributed by atoms with Crippen molar-refractivity contribution in [3.8, 4) is 0 Å². The molecular formula is C9H15Ge. The molecule has 0 saturated heterocycles. The third-order valence-electron chi connectivity index (χ3n) is 1.81. The summed E-state index contributed by atoms with van der Waals surface area (Å²) in [6.07, 6.45) is 10.3. The average Bonchev–Trinajstić information content (AvgIpc) is 2.34. The topological polar surface area (TPSA) is 0 Å². The molecule has 0 atom stereocenters. The molecule has 1 aliphatic carbocycles. The molecule has 0 N–H and O–H groups in total. The molecule has 0 aromatic heterocycles. The van der Waals surface area contributed by atoms with Gasteiger partial charge in [-0.05, 0) is 0 Å². The van der Waals surface area contributed by atoms with E-state index in [2.05, 4.69) is 35.8 Å². The normalized spacial score (nSPS) is 17.5. The molecule has 0 fully saturated rings. The van der Waals surface area contributed by atoms with Gasteiger partial charge in [0.2, 0.25) is 0 Å². The van der Waals surface area contributed by atoms with E-state index in [-0.39, 0.29) is 0 Å². The summed E-state index contributed by atoms with van der Waals surface area (Å²) < 4.78 is 0. The zero-order valence-corrected chi connectivity index (χ0v) is 8.90. The fourth-order valence-electron chi connectivity index (χ4n) is 1.13. The van der Waals surface area contributed by atoms with Gasteiger partial charge in [-0.1, -0.05) is 0 Å². The Balaban J connectivity index is 2.14. The van der Waals surface area contributed by atoms with Gasteiger partial charge in [0, 0.05) is 0 Å². The van der Waals surface area contributed by atoms with Gasteiger partial charge in [0.15, 0.2) is 0 Å². The average molecular weight is 196 g/mol. The summed E-state index contributed by atoms with van der Waals surface area (Å²) in [6.45, 7) is 0. The van der Waals surface area contributed by atoms with Crippen molar-refractivity contribution in [2.45, 2.75) is 23.2 Å². The van der Waals surface area contributed by atoms with Crippen molar-refractivity contribution in [1.82, 2.24) is 0 Å². The van der Waals surface area contributed by atoms with Crippen LogP contribution in [0.1, 0.15) is 6.42 Å². The van der Waals surface area contributed by atoms with Crippen molar-refractivity contribution in [2.75, 3.05) is 0 Å². The van der Waals surface area contributed by atoms with Crippen LogP contribution in [0, 0.1) is 5.92 Å². The Kier molecular flexibility index (Phi) is 3.26. The molecule has 0 aromatic rings. The molecule has 1 aliphatic rings. The molecular weight excluding hydrogens is 181 g/mol. The van der Waals surface area contributed by atoms with Crippen LogP contribution in [0.5, 0.6) is 0 Å². The van der Waals surface area contributed by atoms with E-state index in [4.69, 9.17) is 0 Å². The van der Waals surface area contributed by atoms with Crippen LogP contribution < -0.4 is 0 Å². The maximum atomic E-state index is 2.45. The summed E-state index contributed by atoms with van der Waals surface area (Å²) >= 11 is -0.523. The van der Waals surface area contributed by atoms with Gasteiger partial charge in [0.1, 0.15) is 0 Å². The first kappa shape index (κ1) is 8.12. The minimum atomic E-state index is -0.523. The standard InChI is InChI=1S/C9H15Ge/c1-10(2)8-7-9-5-3-4-6-9/h3-6,9H,7-8H2,1-2H3. The molecule has 0 saturated carbocycles. The van der Waals surface area contributed by atoms with Crippen molar-refractivity contribution in [3.05, 3.63) is 24.3 Å². The molecule has 0 heterocycles. The van der Waals surface area contributed by atoms with E-state index in [1.54, 1.807) is 0 Å². The third-order valence-corrected chi connectivity index (χ3v) is 4.51. The Labute approximate surface area is 68.1 Å². The molecule has 0 bridgehead atoms. The van der Waals surface area contributed by atoms with E-state index in [1.807, 2.05) is 0 Å². The molecule has 0 aromatic carbocycles. The Morgan fingerprint density at radius 2 is 1.80 bits per heavy atom. The van der Waals surface area contributed by atoms with Crippen LogP contribution >= 0.6 is 0 Å². The Morgan fingerprint density at radius 3 is 2.30 bits per heavy atom. The van der Waals surface area contributed by atoms with Crippen LogP contribution in [-0.4, -0.2) is 14.3 Å². The van der Waals surface area contributed by atoms with Gasteiger partial charge in [0.25, 0.3) is 0 Å². The van der Waals surface area contributed by atoms with E-state index in [0.717, 1.165) is 5.92 Å². The predicted octanol–water partition coefficient (Wildman–Crippen LogP) is 2.87. The van der Waals surface area contributed by atoms with E-state index < -0.39 is 14.3 Å². The van der Waals surface area contributed by atoms with Crippen LogP contribution in [0.25, 0.3) is 0 Å². The Hall–Kier alpha value is 0.0229. The number of allylic oxidation sites excluding steroid dienone is 4. The summed E-state index contributed by atoms with van der Waals surface area (Å²) in [7, 11) is 0. The zero-order valence-electron chi connectivity index (χ0n) is 6.80. The second-order valence-corrected chi connectivity index (χ2v) is 9.29. The van der Waals surface area contributed by atoms with E-state index in [9.17, 15) is 0 Å². The van der Waals surface area contributed by atoms with Gasteiger partial charge < -0.3 is 0 Å². The van der Waals surface area contributed by atoms with Gasteiger partial charge in [-0.2, -0.15) is 0 Å². The zero-order chi connectivity index (χ0) is 7.40. The molecule has 1 rings (SSSR count). The number of rotatable bonds is 3. The minimum absolute atomic E-state index is 0.523. The maximum absolute atomic E-state index is 2.45. The van der Waals surface area contributed by atoms with Crippen LogP contribution in [0.15, 0.2) is 24.3 Å². The second-order valence-electron chi connectivity index (χ2n) is 3.18. The third kappa shape index (κ3) is 2.74. The number of hydrogen-bond acceptors (Lipinski definition) is 0. The second kappa shape index (κ2) is 4.02. The molecule has 0 unspecified atom stereocenters. The monoisotopic (exact) mass is 197 g/mol. The van der Waals surface area contributed by atoms with Crippen molar-refractivity contribution < 1.29 is 0 Å². The van der Waals surface area contributed by atoms with Gasteiger partial charge >= 0.3 is 67.8 Å². The van der Waals surface area contributed by atoms with Gasteiger partial charge in [-0.25, -0.2) is 0 Å². The van der Waals surface area contributed by atoms with Gasteiger partial charge in [-0.3, -0.25) is 0 Å². The first-order valence-corrected chi connectivity index (χ1v) is 9.61. The molecule has 1 heteroatoms. The fourth-order valence-corrected chi connectivity index (χ4v) is 3.04. The van der Waals surface area contributed by atoms with E-state index >= 15 is 0 Å². The summed E-state index contributed by atoms with van der Waals surface area (Å²) in [5.41, 5.74) is 0. The van der Waals surface area contributed by atoms with E-state index in [1.165, 1.54) is 11.7 Å². The molecule has 1 radical (unpaired) electrons. The van der Waals surface area contributed by atoms with E-state index in [0.29, 0.717) is 0 Å². The van der Waals surface area contributed by atoms with Crippen molar-refractivity contribution in [1.29, 1.82) is 0 Å². The van der Waals surface area contributed by atoms with Crippen LogP contribution in [0.2, 0.25) is 16.8 Å². The van der Waals surface area contributed by atoms with Crippen molar-refractivity contribution in [2.24, 2.45) is 5.92 Å². The molecule has 0 nitrogen and oxygen atoms in total. The van der Waals surface area contributed by atoms with Crippen LogP contribution in [0.3, 0.4) is 0 Å². The van der Waals surface area contributed by atoms with Crippen molar-refractivity contribution in [3.63, 3.8) is 0 Å². The van der Waals surface area contributed by atoms with Gasteiger partial charge in [-0.15, -0.1) is 0 Å². The first-order chi connectivity index (χ1) is 4.79. The molecule has 10 heavy (non-hydrogen) atoms. The summed E-state index contributed by atoms with van der Waals surface area (Å²) in [5, 5.41) is 1.51. The summed E-state index contributed by atoms with van der Waals surface area (Å²) in [5.74, 6) is 5.67. The summed E-state index contributed by atoms with van der Waals surface area (Å²) in [6, 6.07) is 0. The Bertz CT molecular complexity index is 133. The first-order valence-electron chi connectivity index (χ1n) is 3.93. The quantitative estimate of drug-likeness (QED) is 0.608. The number of hydrogen-bond donors (Lipinski definition) is 0. The molecule has 0 aliphatic heterocycles. The van der Waals surface area contributed by atoms with Crippen molar-refractivity contribution >= 4 is 14.3 Å². The Morgan fingerprint density at radius 1 is 1.20 bits per heavy atom. The molecule has 0 spiro atoms. The SMILES string of the molecule is [CH3][Ge]([CH3])[CH2]CC1C=CC=C1. The molecule has 55 valence electrons.